The molecule has 0 aliphatic heterocycles. The lowest BCUT2D eigenvalue weighted by molar-refractivity contribution is 0.248. The highest BCUT2D eigenvalue weighted by Gasteiger charge is 2.13. The van der Waals surface area contributed by atoms with E-state index in [2.05, 4.69) is 25.1 Å². The minimum absolute atomic E-state index is 0.539. The van der Waals surface area contributed by atoms with Gasteiger partial charge in [0.1, 0.15) is 0 Å². The van der Waals surface area contributed by atoms with Crippen LogP contribution in [0, 0.1) is 0 Å². The third kappa shape index (κ3) is 4.65. The van der Waals surface area contributed by atoms with Crippen LogP contribution in [-0.4, -0.2) is 47.2 Å². The standard InChI is InChI=1S/C13H22BNO2S/c1-4-13(10-18-3)15(2)9-11-5-7-12(8-6-11)14(16)17/h5-8,13,16-17H,4,9-10H2,1-3H3. The van der Waals surface area contributed by atoms with Gasteiger partial charge in [0.2, 0.25) is 0 Å². The molecule has 0 spiro atoms. The number of benzene rings is 1. The van der Waals surface area contributed by atoms with Crippen molar-refractivity contribution in [2.24, 2.45) is 0 Å². The van der Waals surface area contributed by atoms with Crippen LogP contribution in [0.15, 0.2) is 24.3 Å². The quantitative estimate of drug-likeness (QED) is 0.722. The van der Waals surface area contributed by atoms with E-state index in [0.29, 0.717) is 11.5 Å². The number of hydrogen-bond donors (Lipinski definition) is 2. The van der Waals surface area contributed by atoms with Gasteiger partial charge in [-0.1, -0.05) is 31.2 Å². The molecule has 0 fully saturated rings. The topological polar surface area (TPSA) is 43.7 Å². The Morgan fingerprint density at radius 1 is 1.28 bits per heavy atom. The second-order valence-electron chi connectivity index (χ2n) is 4.55. The zero-order chi connectivity index (χ0) is 13.5. The van der Waals surface area contributed by atoms with Crippen molar-refractivity contribution < 1.29 is 10.0 Å². The average Bonchev–Trinajstić information content (AvgIpc) is 2.36. The van der Waals surface area contributed by atoms with Gasteiger partial charge in [-0.3, -0.25) is 4.90 Å². The molecular formula is C13H22BNO2S. The highest BCUT2D eigenvalue weighted by atomic mass is 32.2. The first-order chi connectivity index (χ1) is 8.58. The summed E-state index contributed by atoms with van der Waals surface area (Å²) >= 11 is 1.87. The summed E-state index contributed by atoms with van der Waals surface area (Å²) in [6.07, 6.45) is 3.28. The highest BCUT2D eigenvalue weighted by molar-refractivity contribution is 7.98. The van der Waals surface area contributed by atoms with Crippen LogP contribution in [0.1, 0.15) is 18.9 Å². The molecule has 0 saturated carbocycles. The maximum Gasteiger partial charge on any atom is 0.488 e. The van der Waals surface area contributed by atoms with Crippen molar-refractivity contribution in [3.63, 3.8) is 0 Å². The predicted octanol–water partition coefficient (Wildman–Crippen LogP) is 0.940. The molecule has 1 atom stereocenters. The lowest BCUT2D eigenvalue weighted by Gasteiger charge is -2.26. The molecule has 2 N–H and O–H groups in total. The van der Waals surface area contributed by atoms with Crippen LogP contribution >= 0.6 is 11.8 Å². The summed E-state index contributed by atoms with van der Waals surface area (Å²) in [5.41, 5.74) is 1.74. The molecular weight excluding hydrogens is 245 g/mol. The van der Waals surface area contributed by atoms with E-state index in [1.54, 1.807) is 12.1 Å². The van der Waals surface area contributed by atoms with Crippen LogP contribution in [0.5, 0.6) is 0 Å². The third-order valence-electron chi connectivity index (χ3n) is 3.16. The minimum atomic E-state index is -1.38. The van der Waals surface area contributed by atoms with E-state index in [-0.39, 0.29) is 0 Å². The van der Waals surface area contributed by atoms with Crippen LogP contribution < -0.4 is 5.46 Å². The second-order valence-corrected chi connectivity index (χ2v) is 5.46. The molecule has 0 heterocycles. The van der Waals surface area contributed by atoms with E-state index < -0.39 is 7.12 Å². The van der Waals surface area contributed by atoms with E-state index >= 15 is 0 Å². The monoisotopic (exact) mass is 267 g/mol. The fourth-order valence-electron chi connectivity index (χ4n) is 1.96. The number of thioether (sulfide) groups is 1. The van der Waals surface area contributed by atoms with Gasteiger partial charge in [0.15, 0.2) is 0 Å². The van der Waals surface area contributed by atoms with E-state index in [9.17, 15) is 0 Å². The van der Waals surface area contributed by atoms with E-state index in [0.717, 1.165) is 18.7 Å². The summed E-state index contributed by atoms with van der Waals surface area (Å²) in [4.78, 5) is 2.35. The van der Waals surface area contributed by atoms with Crippen molar-refractivity contribution in [2.45, 2.75) is 25.9 Å². The fourth-order valence-corrected chi connectivity index (χ4v) is 2.84. The molecule has 0 aromatic heterocycles. The maximum atomic E-state index is 9.04. The Bertz CT molecular complexity index is 345. The number of hydrogen-bond acceptors (Lipinski definition) is 4. The van der Waals surface area contributed by atoms with E-state index in [1.165, 1.54) is 5.56 Å². The Labute approximate surface area is 114 Å². The lowest BCUT2D eigenvalue weighted by Crippen LogP contribution is -2.33. The molecule has 18 heavy (non-hydrogen) atoms. The Morgan fingerprint density at radius 3 is 2.33 bits per heavy atom. The summed E-state index contributed by atoms with van der Waals surface area (Å²) in [5, 5.41) is 18.1. The van der Waals surface area contributed by atoms with E-state index in [1.807, 2.05) is 23.9 Å². The van der Waals surface area contributed by atoms with Gasteiger partial charge in [-0.15, -0.1) is 0 Å². The van der Waals surface area contributed by atoms with Crippen LogP contribution in [-0.2, 0) is 6.54 Å². The zero-order valence-corrected chi connectivity index (χ0v) is 12.2. The van der Waals surface area contributed by atoms with Gasteiger partial charge in [0.25, 0.3) is 0 Å². The van der Waals surface area contributed by atoms with E-state index in [4.69, 9.17) is 10.0 Å². The van der Waals surface area contributed by atoms with Gasteiger partial charge >= 0.3 is 7.12 Å². The molecule has 0 saturated heterocycles. The first-order valence-corrected chi connectivity index (χ1v) is 7.62. The van der Waals surface area contributed by atoms with Gasteiger partial charge in [-0.25, -0.2) is 0 Å². The van der Waals surface area contributed by atoms with Crippen LogP contribution in [0.25, 0.3) is 0 Å². The van der Waals surface area contributed by atoms with Crippen LogP contribution in [0.4, 0.5) is 0 Å². The van der Waals surface area contributed by atoms with Gasteiger partial charge in [-0.05, 0) is 30.8 Å². The van der Waals surface area contributed by atoms with Gasteiger partial charge < -0.3 is 10.0 Å². The molecule has 0 aliphatic carbocycles. The number of rotatable bonds is 7. The summed E-state index contributed by atoms with van der Waals surface area (Å²) in [6.45, 7) is 3.10. The summed E-state index contributed by atoms with van der Waals surface area (Å²) < 4.78 is 0. The molecule has 100 valence electrons. The van der Waals surface area contributed by atoms with Gasteiger partial charge in [-0.2, -0.15) is 11.8 Å². The number of nitrogens with zero attached hydrogens (tertiary/aromatic N) is 1. The lowest BCUT2D eigenvalue weighted by atomic mass is 9.80. The maximum absolute atomic E-state index is 9.04. The molecule has 0 aliphatic rings. The molecule has 1 aromatic carbocycles. The Balaban J connectivity index is 2.60. The highest BCUT2D eigenvalue weighted by Crippen LogP contribution is 2.11. The summed E-state index contributed by atoms with van der Waals surface area (Å²) in [6, 6.07) is 8.03. The average molecular weight is 267 g/mol. The molecule has 1 unspecified atom stereocenters. The first kappa shape index (κ1) is 15.6. The SMILES string of the molecule is CCC(CSC)N(C)Cc1ccc(B(O)O)cc1. The van der Waals surface area contributed by atoms with Crippen molar-refractivity contribution in [2.75, 3.05) is 19.1 Å². The van der Waals surface area contributed by atoms with Gasteiger partial charge in [0, 0.05) is 18.3 Å². The smallest absolute Gasteiger partial charge is 0.423 e. The summed E-state index contributed by atoms with van der Waals surface area (Å²) in [7, 11) is 0.760. The molecule has 0 bridgehead atoms. The normalized spacial score (nSPS) is 12.8. The van der Waals surface area contributed by atoms with Crippen molar-refractivity contribution in [3.8, 4) is 0 Å². The molecule has 0 amide bonds. The Hall–Kier alpha value is -0.485. The Kier molecular flexibility index (Phi) is 6.78. The van der Waals surface area contributed by atoms with Crippen molar-refractivity contribution in [1.29, 1.82) is 0 Å². The zero-order valence-electron chi connectivity index (χ0n) is 11.3. The predicted molar refractivity (Wildman–Crippen MR) is 80.2 cm³/mol. The fraction of sp³-hybridized carbons (Fsp3) is 0.538. The minimum Gasteiger partial charge on any atom is -0.423 e. The van der Waals surface area contributed by atoms with Crippen molar-refractivity contribution in [3.05, 3.63) is 29.8 Å². The Morgan fingerprint density at radius 2 is 1.89 bits per heavy atom. The van der Waals surface area contributed by atoms with Crippen molar-refractivity contribution in [1.82, 2.24) is 4.90 Å². The second kappa shape index (κ2) is 7.84. The van der Waals surface area contributed by atoms with Crippen molar-refractivity contribution >= 4 is 24.3 Å². The molecule has 1 aromatic rings. The van der Waals surface area contributed by atoms with Crippen LogP contribution in [0.2, 0.25) is 0 Å². The molecule has 3 nitrogen and oxygen atoms in total. The molecule has 5 heteroatoms. The molecule has 0 radical (unpaired) electrons. The molecule has 1 rings (SSSR count). The van der Waals surface area contributed by atoms with Gasteiger partial charge in [0.05, 0.1) is 0 Å². The largest absolute Gasteiger partial charge is 0.488 e. The van der Waals surface area contributed by atoms with Crippen LogP contribution in [0.3, 0.4) is 0 Å². The summed E-state index contributed by atoms with van der Waals surface area (Å²) in [5.74, 6) is 1.14. The first-order valence-electron chi connectivity index (χ1n) is 6.22. The third-order valence-corrected chi connectivity index (χ3v) is 3.88.